The molecule has 4 atom stereocenters. The SMILES string of the molecule is CC(=O)O[C@H]1[C@@H](F)[C@H](n2cc(C)c(N)nc2=O)O[C@@H]1COC(=O)c1ccccc1. The van der Waals surface area contributed by atoms with E-state index in [1.807, 2.05) is 0 Å². The van der Waals surface area contributed by atoms with Crippen LogP contribution in [0.2, 0.25) is 0 Å². The van der Waals surface area contributed by atoms with E-state index in [0.29, 0.717) is 11.1 Å². The Morgan fingerprint density at radius 3 is 2.66 bits per heavy atom. The summed E-state index contributed by atoms with van der Waals surface area (Å²) in [5.41, 5.74) is 5.53. The van der Waals surface area contributed by atoms with Gasteiger partial charge in [-0.15, -0.1) is 0 Å². The molecule has 154 valence electrons. The van der Waals surface area contributed by atoms with Gasteiger partial charge in [0.05, 0.1) is 5.56 Å². The van der Waals surface area contributed by atoms with Gasteiger partial charge in [-0.05, 0) is 19.1 Å². The van der Waals surface area contributed by atoms with Crippen LogP contribution < -0.4 is 11.4 Å². The maximum atomic E-state index is 15.0. The first kappa shape index (κ1) is 20.5. The fourth-order valence-electron chi connectivity index (χ4n) is 2.96. The molecule has 9 nitrogen and oxygen atoms in total. The van der Waals surface area contributed by atoms with E-state index in [0.717, 1.165) is 11.5 Å². The number of alkyl halides is 1. The van der Waals surface area contributed by atoms with Gasteiger partial charge in [0.1, 0.15) is 18.5 Å². The first-order valence-corrected chi connectivity index (χ1v) is 8.82. The average molecular weight is 405 g/mol. The van der Waals surface area contributed by atoms with E-state index < -0.39 is 42.2 Å². The lowest BCUT2D eigenvalue weighted by atomic mass is 10.1. The lowest BCUT2D eigenvalue weighted by Gasteiger charge is -2.18. The van der Waals surface area contributed by atoms with Crippen LogP contribution in [0.15, 0.2) is 41.3 Å². The molecule has 0 bridgehead atoms. The fourth-order valence-corrected chi connectivity index (χ4v) is 2.96. The highest BCUT2D eigenvalue weighted by molar-refractivity contribution is 5.89. The van der Waals surface area contributed by atoms with Crippen molar-refractivity contribution < 1.29 is 28.2 Å². The molecule has 2 N–H and O–H groups in total. The number of ether oxygens (including phenoxy) is 3. The quantitative estimate of drug-likeness (QED) is 0.735. The second-order valence-corrected chi connectivity index (χ2v) is 6.55. The Morgan fingerprint density at radius 1 is 1.31 bits per heavy atom. The highest BCUT2D eigenvalue weighted by Gasteiger charge is 2.49. The molecule has 1 saturated heterocycles. The number of aromatic nitrogens is 2. The fraction of sp³-hybridized carbons (Fsp3) is 0.368. The van der Waals surface area contributed by atoms with E-state index in [2.05, 4.69) is 4.98 Å². The number of nitrogens with two attached hydrogens (primary N) is 1. The van der Waals surface area contributed by atoms with Crippen LogP contribution >= 0.6 is 0 Å². The molecule has 0 aliphatic carbocycles. The van der Waals surface area contributed by atoms with Crippen molar-refractivity contribution in [3.8, 4) is 0 Å². The van der Waals surface area contributed by atoms with E-state index >= 15 is 4.39 Å². The van der Waals surface area contributed by atoms with E-state index in [9.17, 15) is 14.4 Å². The maximum Gasteiger partial charge on any atom is 0.351 e. The molecular weight excluding hydrogens is 385 g/mol. The van der Waals surface area contributed by atoms with Crippen molar-refractivity contribution in [1.29, 1.82) is 0 Å². The van der Waals surface area contributed by atoms with E-state index in [1.54, 1.807) is 37.3 Å². The number of aryl methyl sites for hydroxylation is 1. The van der Waals surface area contributed by atoms with Crippen LogP contribution in [0.5, 0.6) is 0 Å². The molecule has 2 aromatic rings. The van der Waals surface area contributed by atoms with Crippen LogP contribution in [0.25, 0.3) is 0 Å². The number of esters is 2. The zero-order valence-corrected chi connectivity index (χ0v) is 15.8. The zero-order valence-electron chi connectivity index (χ0n) is 15.8. The number of carbonyl (C=O) groups is 2. The summed E-state index contributed by atoms with van der Waals surface area (Å²) in [4.78, 5) is 39.3. The molecule has 29 heavy (non-hydrogen) atoms. The third kappa shape index (κ3) is 4.43. The van der Waals surface area contributed by atoms with Crippen molar-refractivity contribution in [2.75, 3.05) is 12.3 Å². The Hall–Kier alpha value is -3.27. The number of carbonyl (C=O) groups excluding carboxylic acids is 2. The van der Waals surface area contributed by atoms with Gasteiger partial charge in [-0.2, -0.15) is 4.98 Å². The van der Waals surface area contributed by atoms with Crippen molar-refractivity contribution in [2.24, 2.45) is 0 Å². The molecule has 0 saturated carbocycles. The number of hydrogen-bond acceptors (Lipinski definition) is 8. The molecule has 1 aliphatic heterocycles. The molecule has 1 aromatic heterocycles. The van der Waals surface area contributed by atoms with Crippen LogP contribution in [0, 0.1) is 6.92 Å². The number of halogens is 1. The largest absolute Gasteiger partial charge is 0.459 e. The third-order valence-corrected chi connectivity index (χ3v) is 4.41. The molecule has 0 amide bonds. The predicted octanol–water partition coefficient (Wildman–Crippen LogP) is 1.16. The molecule has 2 heterocycles. The second kappa shape index (κ2) is 8.39. The summed E-state index contributed by atoms with van der Waals surface area (Å²) in [7, 11) is 0. The molecular formula is C19H20FN3O6. The number of benzene rings is 1. The number of nitrogen functional groups attached to an aromatic ring is 1. The normalized spacial score (nSPS) is 23.6. The monoisotopic (exact) mass is 405 g/mol. The molecule has 0 spiro atoms. The van der Waals surface area contributed by atoms with Gasteiger partial charge < -0.3 is 19.9 Å². The van der Waals surface area contributed by atoms with Gasteiger partial charge in [0.15, 0.2) is 18.5 Å². The van der Waals surface area contributed by atoms with Crippen molar-refractivity contribution in [3.05, 3.63) is 58.1 Å². The predicted molar refractivity (Wildman–Crippen MR) is 98.7 cm³/mol. The van der Waals surface area contributed by atoms with Crippen LogP contribution in [0.1, 0.15) is 29.1 Å². The summed E-state index contributed by atoms with van der Waals surface area (Å²) >= 11 is 0. The summed E-state index contributed by atoms with van der Waals surface area (Å²) in [5.74, 6) is -1.36. The molecule has 1 aromatic carbocycles. The van der Waals surface area contributed by atoms with Gasteiger partial charge >= 0.3 is 17.6 Å². The summed E-state index contributed by atoms with van der Waals surface area (Å²) in [5, 5.41) is 0. The Balaban J connectivity index is 1.80. The molecule has 0 unspecified atom stereocenters. The lowest BCUT2D eigenvalue weighted by molar-refractivity contribution is -0.152. The van der Waals surface area contributed by atoms with Gasteiger partial charge in [0.2, 0.25) is 0 Å². The third-order valence-electron chi connectivity index (χ3n) is 4.41. The van der Waals surface area contributed by atoms with Gasteiger partial charge in [-0.3, -0.25) is 9.36 Å². The highest BCUT2D eigenvalue weighted by Crippen LogP contribution is 2.33. The summed E-state index contributed by atoms with van der Waals surface area (Å²) in [6.45, 7) is 2.34. The van der Waals surface area contributed by atoms with E-state index in [-0.39, 0.29) is 12.4 Å². The molecule has 10 heteroatoms. The molecule has 1 fully saturated rings. The van der Waals surface area contributed by atoms with Crippen LogP contribution in [0.4, 0.5) is 10.2 Å². The maximum absolute atomic E-state index is 15.0. The Kier molecular flexibility index (Phi) is 5.92. The summed E-state index contributed by atoms with van der Waals surface area (Å²) in [6, 6.07) is 8.20. The molecule has 3 rings (SSSR count). The summed E-state index contributed by atoms with van der Waals surface area (Å²) < 4.78 is 31.8. The Labute approximate surface area is 165 Å². The minimum atomic E-state index is -1.89. The Morgan fingerprint density at radius 2 is 2.00 bits per heavy atom. The molecule has 0 radical (unpaired) electrons. The minimum Gasteiger partial charge on any atom is -0.459 e. The lowest BCUT2D eigenvalue weighted by Crippen LogP contribution is -2.37. The summed E-state index contributed by atoms with van der Waals surface area (Å²) in [6.07, 6.45) is -4.48. The van der Waals surface area contributed by atoms with Crippen molar-refractivity contribution in [2.45, 2.75) is 38.5 Å². The van der Waals surface area contributed by atoms with E-state index in [4.69, 9.17) is 19.9 Å². The number of hydrogen-bond donors (Lipinski definition) is 1. The standard InChI is InChI=1S/C19H20FN3O6/c1-10-8-23(19(26)22-16(10)21)17-14(20)15(28-11(2)24)13(29-17)9-27-18(25)12-6-4-3-5-7-12/h3-8,13-15,17H,9H2,1-2H3,(H2,21,22,26)/t13-,14-,15-,17-/m1/s1. The topological polar surface area (TPSA) is 123 Å². The second-order valence-electron chi connectivity index (χ2n) is 6.55. The van der Waals surface area contributed by atoms with Gasteiger partial charge in [0, 0.05) is 18.7 Å². The van der Waals surface area contributed by atoms with Crippen molar-refractivity contribution in [1.82, 2.24) is 9.55 Å². The zero-order chi connectivity index (χ0) is 21.1. The van der Waals surface area contributed by atoms with Gasteiger partial charge in [-0.1, -0.05) is 18.2 Å². The number of rotatable bonds is 5. The van der Waals surface area contributed by atoms with Gasteiger partial charge in [-0.25, -0.2) is 14.0 Å². The highest BCUT2D eigenvalue weighted by atomic mass is 19.1. The number of nitrogens with zero attached hydrogens (tertiary/aromatic N) is 2. The van der Waals surface area contributed by atoms with Crippen molar-refractivity contribution >= 4 is 17.8 Å². The average Bonchev–Trinajstić information content (AvgIpc) is 2.98. The molecule has 1 aliphatic rings. The van der Waals surface area contributed by atoms with Crippen LogP contribution in [0.3, 0.4) is 0 Å². The first-order chi connectivity index (χ1) is 13.8. The van der Waals surface area contributed by atoms with E-state index in [1.165, 1.54) is 6.20 Å². The van der Waals surface area contributed by atoms with Gasteiger partial charge in [0.25, 0.3) is 0 Å². The first-order valence-electron chi connectivity index (χ1n) is 8.82. The van der Waals surface area contributed by atoms with Crippen molar-refractivity contribution in [3.63, 3.8) is 0 Å². The Bertz CT molecular complexity index is 964. The number of anilines is 1. The van der Waals surface area contributed by atoms with Crippen LogP contribution in [-0.4, -0.2) is 46.5 Å². The minimum absolute atomic E-state index is 0.0181. The smallest absolute Gasteiger partial charge is 0.351 e. The van der Waals surface area contributed by atoms with Crippen LogP contribution in [-0.2, 0) is 19.0 Å².